The van der Waals surface area contributed by atoms with Crippen LogP contribution in [-0.4, -0.2) is 19.1 Å². The summed E-state index contributed by atoms with van der Waals surface area (Å²) in [4.78, 5) is 8.51. The highest BCUT2D eigenvalue weighted by Crippen LogP contribution is 2.18. The van der Waals surface area contributed by atoms with Crippen LogP contribution in [0.5, 0.6) is 0 Å². The maximum atomic E-state index is 8.88. The predicted octanol–water partition coefficient (Wildman–Crippen LogP) is 1.63. The van der Waals surface area contributed by atoms with Gasteiger partial charge in [0.05, 0.1) is 22.7 Å². The fraction of sp³-hybridized carbons (Fsp3) is 0.0833. The first kappa shape index (κ1) is 9.60. The molecule has 0 saturated carbocycles. The average Bonchev–Trinajstić information content (AvgIpc) is 2.97. The minimum Gasteiger partial charge on any atom is -0.313 e. The molecule has 0 atom stereocenters. The van der Waals surface area contributed by atoms with Crippen molar-refractivity contribution >= 4 is 11.0 Å². The second-order valence-electron chi connectivity index (χ2n) is 3.76. The van der Waals surface area contributed by atoms with E-state index in [1.54, 1.807) is 18.6 Å². The number of aryl methyl sites for hydroxylation is 1. The summed E-state index contributed by atoms with van der Waals surface area (Å²) in [7, 11) is 1.92. The molecule has 3 aromatic rings. The lowest BCUT2D eigenvalue weighted by Crippen LogP contribution is -2.00. The smallest absolute Gasteiger partial charge is 0.215 e. The first-order valence-corrected chi connectivity index (χ1v) is 5.14. The maximum Gasteiger partial charge on any atom is 0.215 e. The monoisotopic (exact) mass is 223 g/mol. The average molecular weight is 223 g/mol. The maximum absolute atomic E-state index is 8.88. The summed E-state index contributed by atoms with van der Waals surface area (Å²) in [6, 6.07) is 7.59. The van der Waals surface area contributed by atoms with E-state index in [9.17, 15) is 0 Å². The van der Waals surface area contributed by atoms with E-state index >= 15 is 0 Å². The normalized spacial score (nSPS) is 10.6. The zero-order valence-corrected chi connectivity index (χ0v) is 9.20. The topological polar surface area (TPSA) is 59.4 Å². The fourth-order valence-corrected chi connectivity index (χ4v) is 1.86. The van der Waals surface area contributed by atoms with E-state index in [0.717, 1.165) is 17.0 Å². The predicted molar refractivity (Wildman–Crippen MR) is 62.6 cm³/mol. The quantitative estimate of drug-likeness (QED) is 0.630. The van der Waals surface area contributed by atoms with Crippen LogP contribution in [0.15, 0.2) is 36.9 Å². The Morgan fingerprint density at radius 2 is 2.24 bits per heavy atom. The highest BCUT2D eigenvalue weighted by Gasteiger charge is 2.09. The molecule has 2 aromatic heterocycles. The highest BCUT2D eigenvalue weighted by molar-refractivity contribution is 5.78. The summed E-state index contributed by atoms with van der Waals surface area (Å²) in [5.41, 5.74) is 2.45. The molecule has 0 amide bonds. The Bertz CT molecular complexity index is 715. The number of hydrogen-bond donors (Lipinski definition) is 0. The number of nitriles is 1. The second-order valence-corrected chi connectivity index (χ2v) is 3.76. The van der Waals surface area contributed by atoms with E-state index < -0.39 is 0 Å². The Balaban J connectivity index is 2.30. The SMILES string of the molecule is Cn1c(-n2ccnc2)nc2ccc(C#N)cc21. The minimum absolute atomic E-state index is 0.637. The van der Waals surface area contributed by atoms with Crippen LogP contribution < -0.4 is 0 Å². The van der Waals surface area contributed by atoms with E-state index in [4.69, 9.17) is 5.26 Å². The van der Waals surface area contributed by atoms with E-state index in [-0.39, 0.29) is 0 Å². The van der Waals surface area contributed by atoms with Crippen LogP contribution in [0, 0.1) is 11.3 Å². The lowest BCUT2D eigenvalue weighted by Gasteiger charge is -2.01. The van der Waals surface area contributed by atoms with Crippen molar-refractivity contribution in [1.82, 2.24) is 19.1 Å². The zero-order valence-electron chi connectivity index (χ0n) is 9.20. The van der Waals surface area contributed by atoms with Crippen molar-refractivity contribution < 1.29 is 0 Å². The molecule has 0 aliphatic rings. The van der Waals surface area contributed by atoms with Gasteiger partial charge in [0.15, 0.2) is 0 Å². The number of nitrogens with zero attached hydrogens (tertiary/aromatic N) is 5. The van der Waals surface area contributed by atoms with E-state index in [1.165, 1.54) is 0 Å². The van der Waals surface area contributed by atoms with Gasteiger partial charge in [0.25, 0.3) is 0 Å². The molecule has 1 aromatic carbocycles. The van der Waals surface area contributed by atoms with Gasteiger partial charge in [-0.05, 0) is 18.2 Å². The van der Waals surface area contributed by atoms with Crippen molar-refractivity contribution in [1.29, 1.82) is 5.26 Å². The Hall–Kier alpha value is -2.61. The molecule has 0 radical (unpaired) electrons. The highest BCUT2D eigenvalue weighted by atomic mass is 15.2. The number of aromatic nitrogens is 4. The summed E-state index contributed by atoms with van der Waals surface area (Å²) >= 11 is 0. The van der Waals surface area contributed by atoms with Gasteiger partial charge in [-0.25, -0.2) is 9.97 Å². The third kappa shape index (κ3) is 1.39. The van der Waals surface area contributed by atoms with Crippen LogP contribution in [0.1, 0.15) is 5.56 Å². The molecule has 0 aliphatic heterocycles. The molecule has 0 saturated heterocycles. The number of hydrogen-bond acceptors (Lipinski definition) is 3. The van der Waals surface area contributed by atoms with Gasteiger partial charge in [-0.2, -0.15) is 5.26 Å². The molecule has 0 spiro atoms. The van der Waals surface area contributed by atoms with Gasteiger partial charge in [0.1, 0.15) is 6.33 Å². The fourth-order valence-electron chi connectivity index (χ4n) is 1.86. The molecule has 0 N–H and O–H groups in total. The van der Waals surface area contributed by atoms with Gasteiger partial charge in [-0.1, -0.05) is 0 Å². The third-order valence-corrected chi connectivity index (χ3v) is 2.72. The van der Waals surface area contributed by atoms with Gasteiger partial charge in [0, 0.05) is 19.4 Å². The molecule has 0 fully saturated rings. The van der Waals surface area contributed by atoms with Crippen molar-refractivity contribution in [3.05, 3.63) is 42.5 Å². The second kappa shape index (κ2) is 3.46. The molecule has 2 heterocycles. The Morgan fingerprint density at radius 3 is 2.94 bits per heavy atom. The number of benzene rings is 1. The number of fused-ring (bicyclic) bond motifs is 1. The molecule has 5 heteroatoms. The summed E-state index contributed by atoms with van der Waals surface area (Å²) in [5.74, 6) is 0.785. The van der Waals surface area contributed by atoms with Gasteiger partial charge in [-0.15, -0.1) is 0 Å². The lowest BCUT2D eigenvalue weighted by atomic mass is 10.2. The standard InChI is InChI=1S/C12H9N5/c1-16-11-6-9(7-13)2-3-10(11)15-12(16)17-5-4-14-8-17/h2-6,8H,1H3. The van der Waals surface area contributed by atoms with E-state index in [1.807, 2.05) is 34.5 Å². The van der Waals surface area contributed by atoms with Crippen LogP contribution >= 0.6 is 0 Å². The van der Waals surface area contributed by atoms with E-state index in [2.05, 4.69) is 16.0 Å². The molecule has 0 aliphatic carbocycles. The van der Waals surface area contributed by atoms with Crippen LogP contribution in [0.25, 0.3) is 17.0 Å². The van der Waals surface area contributed by atoms with Crippen molar-refractivity contribution in [2.24, 2.45) is 7.05 Å². The largest absolute Gasteiger partial charge is 0.313 e. The van der Waals surface area contributed by atoms with Crippen LogP contribution in [-0.2, 0) is 7.05 Å². The molecular weight excluding hydrogens is 214 g/mol. The van der Waals surface area contributed by atoms with Crippen LogP contribution in [0.3, 0.4) is 0 Å². The zero-order chi connectivity index (χ0) is 11.8. The van der Waals surface area contributed by atoms with Crippen molar-refractivity contribution in [2.75, 3.05) is 0 Å². The van der Waals surface area contributed by atoms with Gasteiger partial charge in [0.2, 0.25) is 5.95 Å². The Morgan fingerprint density at radius 1 is 1.35 bits per heavy atom. The van der Waals surface area contributed by atoms with Gasteiger partial charge in [-0.3, -0.25) is 4.57 Å². The molecule has 82 valence electrons. The summed E-state index contributed by atoms with van der Waals surface area (Å²) in [5, 5.41) is 8.88. The summed E-state index contributed by atoms with van der Waals surface area (Å²) in [6.45, 7) is 0. The Labute approximate surface area is 97.6 Å². The molecule has 0 bridgehead atoms. The van der Waals surface area contributed by atoms with Gasteiger partial charge >= 0.3 is 0 Å². The van der Waals surface area contributed by atoms with Crippen LogP contribution in [0.2, 0.25) is 0 Å². The van der Waals surface area contributed by atoms with Crippen molar-refractivity contribution in [2.45, 2.75) is 0 Å². The molecule has 5 nitrogen and oxygen atoms in total. The summed E-state index contributed by atoms with van der Waals surface area (Å²) < 4.78 is 3.78. The molecule has 17 heavy (non-hydrogen) atoms. The summed E-state index contributed by atoms with van der Waals surface area (Å²) in [6.07, 6.45) is 5.25. The number of rotatable bonds is 1. The van der Waals surface area contributed by atoms with E-state index in [0.29, 0.717) is 5.56 Å². The first-order chi connectivity index (χ1) is 8.29. The first-order valence-electron chi connectivity index (χ1n) is 5.14. The molecular formula is C12H9N5. The lowest BCUT2D eigenvalue weighted by molar-refractivity contribution is 0.836. The Kier molecular flexibility index (Phi) is 1.95. The van der Waals surface area contributed by atoms with Gasteiger partial charge < -0.3 is 4.57 Å². The molecule has 0 unspecified atom stereocenters. The number of imidazole rings is 2. The third-order valence-electron chi connectivity index (χ3n) is 2.72. The minimum atomic E-state index is 0.637. The van der Waals surface area contributed by atoms with Crippen molar-refractivity contribution in [3.8, 4) is 12.0 Å². The van der Waals surface area contributed by atoms with Crippen LogP contribution in [0.4, 0.5) is 0 Å². The van der Waals surface area contributed by atoms with Crippen molar-refractivity contribution in [3.63, 3.8) is 0 Å². The molecule has 3 rings (SSSR count).